The molecule has 7 nitrogen and oxygen atoms in total. The van der Waals surface area contributed by atoms with E-state index >= 15 is 4.39 Å². The number of benzene rings is 2. The van der Waals surface area contributed by atoms with Crippen LogP contribution in [-0.4, -0.2) is 52.5 Å². The summed E-state index contributed by atoms with van der Waals surface area (Å²) in [5.41, 5.74) is 7.01. The Labute approximate surface area is 225 Å². The van der Waals surface area contributed by atoms with Crippen LogP contribution in [0.2, 0.25) is 0 Å². The standard InChI is InChI=1S/C26H23ClF5N5O2/c1-12(13-5-6-37(10-13)19(38)9-27)23-20(26(33)36-11-35-23)24(34-2)15-4-3-14(7-16(15)28)39-25-21(31)17(29)8-18(30)22(25)32/h3-4,7-8,11-13H,5-6,9-10H2,1-2H3,(H2,33,35,36)/b34-24-. The van der Waals surface area contributed by atoms with Gasteiger partial charge in [0.05, 0.1) is 17.0 Å². The van der Waals surface area contributed by atoms with E-state index in [4.69, 9.17) is 22.1 Å². The van der Waals surface area contributed by atoms with Crippen molar-refractivity contribution in [1.82, 2.24) is 14.9 Å². The molecule has 4 rings (SSSR count). The number of aliphatic imine (C=N–C) groups is 1. The minimum absolute atomic E-state index is 0.0143. The van der Waals surface area contributed by atoms with E-state index in [0.29, 0.717) is 25.2 Å². The summed E-state index contributed by atoms with van der Waals surface area (Å²) >= 11 is 5.69. The van der Waals surface area contributed by atoms with Crippen LogP contribution in [0.3, 0.4) is 0 Å². The molecule has 39 heavy (non-hydrogen) atoms. The third kappa shape index (κ3) is 5.51. The van der Waals surface area contributed by atoms with Crippen molar-refractivity contribution < 1.29 is 31.5 Å². The van der Waals surface area contributed by atoms with Gasteiger partial charge < -0.3 is 15.4 Å². The molecular weight excluding hydrogens is 545 g/mol. The predicted octanol–water partition coefficient (Wildman–Crippen LogP) is 5.20. The number of likely N-dealkylation sites (tertiary alicyclic amines) is 1. The number of nitrogens with zero attached hydrogens (tertiary/aromatic N) is 4. The molecule has 0 radical (unpaired) electrons. The van der Waals surface area contributed by atoms with Crippen molar-refractivity contribution in [3.05, 3.63) is 76.5 Å². The monoisotopic (exact) mass is 567 g/mol. The largest absolute Gasteiger partial charge is 0.451 e. The Morgan fingerprint density at radius 3 is 2.46 bits per heavy atom. The molecule has 2 aromatic carbocycles. The predicted molar refractivity (Wildman–Crippen MR) is 135 cm³/mol. The molecule has 2 unspecified atom stereocenters. The lowest BCUT2D eigenvalue weighted by Gasteiger charge is -2.23. The molecule has 1 aliphatic heterocycles. The maximum Gasteiger partial charge on any atom is 0.237 e. The topological polar surface area (TPSA) is 93.7 Å². The van der Waals surface area contributed by atoms with Crippen LogP contribution in [0.25, 0.3) is 0 Å². The summed E-state index contributed by atoms with van der Waals surface area (Å²) in [4.78, 5) is 26.4. The van der Waals surface area contributed by atoms with Crippen molar-refractivity contribution in [1.29, 1.82) is 0 Å². The Balaban J connectivity index is 1.67. The smallest absolute Gasteiger partial charge is 0.237 e. The van der Waals surface area contributed by atoms with E-state index in [1.54, 1.807) is 4.90 Å². The van der Waals surface area contributed by atoms with Gasteiger partial charge in [0.15, 0.2) is 11.6 Å². The van der Waals surface area contributed by atoms with Gasteiger partial charge in [0, 0.05) is 43.8 Å². The number of ether oxygens (including phenoxy) is 1. The number of hydrogen-bond donors (Lipinski definition) is 1. The molecule has 1 saturated heterocycles. The first-order chi connectivity index (χ1) is 18.6. The SMILES string of the molecule is C/N=C(/c1ccc(Oc2c(F)c(F)cc(F)c2F)cc1F)c1c(N)ncnc1C(C)C1CCN(C(=O)CCl)C1. The van der Waals surface area contributed by atoms with E-state index in [1.165, 1.54) is 19.4 Å². The number of anilines is 1. The molecular formula is C26H23ClF5N5O2. The third-order valence-electron chi connectivity index (χ3n) is 6.68. The quantitative estimate of drug-likeness (QED) is 0.183. The van der Waals surface area contributed by atoms with Gasteiger partial charge in [-0.3, -0.25) is 9.79 Å². The zero-order valence-electron chi connectivity index (χ0n) is 20.8. The van der Waals surface area contributed by atoms with Gasteiger partial charge >= 0.3 is 0 Å². The Morgan fingerprint density at radius 2 is 1.85 bits per heavy atom. The van der Waals surface area contributed by atoms with Crippen LogP contribution in [-0.2, 0) is 4.79 Å². The molecule has 0 aliphatic carbocycles. The van der Waals surface area contributed by atoms with Gasteiger partial charge in [-0.15, -0.1) is 11.6 Å². The summed E-state index contributed by atoms with van der Waals surface area (Å²) in [6.07, 6.45) is 1.98. The number of carbonyl (C=O) groups excluding carboxylic acids is 1. The van der Waals surface area contributed by atoms with Crippen molar-refractivity contribution in [3.63, 3.8) is 0 Å². The van der Waals surface area contributed by atoms with Gasteiger partial charge in [-0.2, -0.15) is 8.78 Å². The van der Waals surface area contributed by atoms with Crippen LogP contribution >= 0.6 is 11.6 Å². The number of aromatic nitrogens is 2. The van der Waals surface area contributed by atoms with Crippen LogP contribution in [0.5, 0.6) is 11.5 Å². The second kappa shape index (κ2) is 11.5. The molecule has 2 atom stereocenters. The highest BCUT2D eigenvalue weighted by Gasteiger charge is 2.33. The molecule has 2 N–H and O–H groups in total. The number of carbonyl (C=O) groups is 1. The van der Waals surface area contributed by atoms with Gasteiger partial charge in [-0.25, -0.2) is 23.1 Å². The lowest BCUT2D eigenvalue weighted by Crippen LogP contribution is -2.30. The highest BCUT2D eigenvalue weighted by Crippen LogP contribution is 2.36. The number of alkyl halides is 1. The van der Waals surface area contributed by atoms with E-state index in [0.717, 1.165) is 12.1 Å². The first-order valence-corrected chi connectivity index (χ1v) is 12.3. The highest BCUT2D eigenvalue weighted by molar-refractivity contribution is 6.27. The minimum atomic E-state index is -1.76. The van der Waals surface area contributed by atoms with E-state index in [-0.39, 0.29) is 52.3 Å². The molecule has 13 heteroatoms. The van der Waals surface area contributed by atoms with Crippen molar-refractivity contribution in [2.45, 2.75) is 19.3 Å². The molecule has 1 aromatic heterocycles. The summed E-state index contributed by atoms with van der Waals surface area (Å²) < 4.78 is 75.4. The molecule has 1 fully saturated rings. The van der Waals surface area contributed by atoms with Gasteiger partial charge in [-0.1, -0.05) is 6.92 Å². The molecule has 0 spiro atoms. The number of rotatable bonds is 7. The second-order valence-electron chi connectivity index (χ2n) is 8.94. The van der Waals surface area contributed by atoms with E-state index in [9.17, 15) is 22.4 Å². The van der Waals surface area contributed by atoms with Gasteiger partial charge in [0.25, 0.3) is 0 Å². The first kappa shape index (κ1) is 28.2. The van der Waals surface area contributed by atoms with Crippen molar-refractivity contribution in [2.75, 3.05) is 31.8 Å². The lowest BCUT2D eigenvalue weighted by molar-refractivity contribution is -0.127. The molecule has 1 amide bonds. The molecule has 0 bridgehead atoms. The molecule has 2 heterocycles. The summed E-state index contributed by atoms with van der Waals surface area (Å²) in [7, 11) is 1.41. The fourth-order valence-corrected chi connectivity index (χ4v) is 4.78. The number of amides is 1. The van der Waals surface area contributed by atoms with E-state index in [1.807, 2.05) is 6.92 Å². The zero-order valence-corrected chi connectivity index (χ0v) is 21.6. The van der Waals surface area contributed by atoms with E-state index in [2.05, 4.69) is 15.0 Å². The van der Waals surface area contributed by atoms with Gasteiger partial charge in [0.1, 0.15) is 29.6 Å². The Kier molecular flexibility index (Phi) is 8.34. The lowest BCUT2D eigenvalue weighted by atomic mass is 9.86. The highest BCUT2D eigenvalue weighted by atomic mass is 35.5. The summed E-state index contributed by atoms with van der Waals surface area (Å²) in [5, 5.41) is 0. The van der Waals surface area contributed by atoms with Crippen LogP contribution in [0, 0.1) is 35.0 Å². The minimum Gasteiger partial charge on any atom is -0.451 e. The molecule has 1 aliphatic rings. The summed E-state index contributed by atoms with van der Waals surface area (Å²) in [6.45, 7) is 2.91. The van der Waals surface area contributed by atoms with Crippen LogP contribution in [0.1, 0.15) is 36.1 Å². The fourth-order valence-electron chi connectivity index (χ4n) is 4.61. The molecule has 206 valence electrons. The van der Waals surface area contributed by atoms with Crippen molar-refractivity contribution in [2.24, 2.45) is 10.9 Å². The summed E-state index contributed by atoms with van der Waals surface area (Å²) in [5.74, 6) is -10.0. The second-order valence-corrected chi connectivity index (χ2v) is 9.21. The number of halogens is 6. The average Bonchev–Trinajstić information content (AvgIpc) is 3.42. The van der Waals surface area contributed by atoms with Gasteiger partial charge in [0.2, 0.25) is 23.3 Å². The molecule has 3 aromatic rings. The maximum atomic E-state index is 15.3. The number of hydrogen-bond acceptors (Lipinski definition) is 6. The number of nitrogen functional groups attached to an aromatic ring is 1. The Bertz CT molecular complexity index is 1430. The Morgan fingerprint density at radius 1 is 1.15 bits per heavy atom. The Hall–Kier alpha value is -3.80. The molecule has 0 saturated carbocycles. The van der Waals surface area contributed by atoms with Crippen LogP contribution < -0.4 is 10.5 Å². The van der Waals surface area contributed by atoms with Crippen molar-refractivity contribution >= 4 is 29.0 Å². The normalized spacial score (nSPS) is 16.5. The maximum absolute atomic E-state index is 15.3. The average molecular weight is 568 g/mol. The van der Waals surface area contributed by atoms with Crippen molar-refractivity contribution in [3.8, 4) is 11.5 Å². The van der Waals surface area contributed by atoms with Gasteiger partial charge in [-0.05, 0) is 24.5 Å². The fraction of sp³-hybridized carbons (Fsp3) is 0.308. The zero-order chi connectivity index (χ0) is 28.4. The summed E-state index contributed by atoms with van der Waals surface area (Å²) in [6, 6.07) is 3.20. The van der Waals surface area contributed by atoms with Crippen LogP contribution in [0.4, 0.5) is 27.8 Å². The number of nitrogens with two attached hydrogens (primary N) is 1. The first-order valence-electron chi connectivity index (χ1n) is 11.8. The van der Waals surface area contributed by atoms with E-state index < -0.39 is 40.6 Å². The van der Waals surface area contributed by atoms with Crippen LogP contribution in [0.15, 0.2) is 35.6 Å². The third-order valence-corrected chi connectivity index (χ3v) is 6.91.